The van der Waals surface area contributed by atoms with Crippen LogP contribution in [0.5, 0.6) is 0 Å². The van der Waals surface area contributed by atoms with E-state index in [4.69, 9.17) is 21.6 Å². The van der Waals surface area contributed by atoms with Gasteiger partial charge in [-0.05, 0) is 49.4 Å². The van der Waals surface area contributed by atoms with Crippen molar-refractivity contribution in [2.75, 3.05) is 5.32 Å². The Balaban J connectivity index is 1.98. The maximum atomic E-state index is 12.0. The highest BCUT2D eigenvalue weighted by Gasteiger charge is 2.19. The van der Waals surface area contributed by atoms with Crippen molar-refractivity contribution in [2.45, 2.75) is 13.0 Å². The van der Waals surface area contributed by atoms with Crippen LogP contribution in [0.1, 0.15) is 22.8 Å². The van der Waals surface area contributed by atoms with Crippen LogP contribution in [0.25, 0.3) is 0 Å². The number of ether oxygens (including phenoxy) is 1. The lowest BCUT2D eigenvalue weighted by Crippen LogP contribution is -2.30. The molecule has 0 aliphatic heterocycles. The SMILES string of the molecule is C[C@@H](OC(=O)c1cccc(C#N)c1)C(=O)Nc1ccc(Cl)cc1. The van der Waals surface area contributed by atoms with E-state index in [1.807, 2.05) is 6.07 Å². The number of benzene rings is 2. The Kier molecular flexibility index (Phi) is 5.34. The zero-order chi connectivity index (χ0) is 16.8. The molecule has 1 amide bonds. The summed E-state index contributed by atoms with van der Waals surface area (Å²) in [7, 11) is 0. The van der Waals surface area contributed by atoms with Gasteiger partial charge in [-0.2, -0.15) is 5.26 Å². The molecular formula is C17H13ClN2O3. The minimum atomic E-state index is -0.982. The number of amides is 1. The number of carbonyl (C=O) groups excluding carboxylic acids is 2. The van der Waals surface area contributed by atoms with Crippen molar-refractivity contribution in [1.82, 2.24) is 0 Å². The first-order valence-electron chi connectivity index (χ1n) is 6.77. The van der Waals surface area contributed by atoms with Gasteiger partial charge in [0.1, 0.15) is 0 Å². The van der Waals surface area contributed by atoms with Crippen LogP contribution in [0.3, 0.4) is 0 Å². The molecule has 0 aromatic heterocycles. The van der Waals surface area contributed by atoms with Crippen LogP contribution in [0.4, 0.5) is 5.69 Å². The van der Waals surface area contributed by atoms with Gasteiger partial charge in [-0.15, -0.1) is 0 Å². The molecule has 0 spiro atoms. The van der Waals surface area contributed by atoms with Crippen molar-refractivity contribution in [3.63, 3.8) is 0 Å². The van der Waals surface area contributed by atoms with Gasteiger partial charge in [-0.25, -0.2) is 4.79 Å². The topological polar surface area (TPSA) is 79.2 Å². The quantitative estimate of drug-likeness (QED) is 0.872. The Morgan fingerprint density at radius 1 is 1.22 bits per heavy atom. The van der Waals surface area contributed by atoms with Crippen LogP contribution >= 0.6 is 11.6 Å². The monoisotopic (exact) mass is 328 g/mol. The van der Waals surface area contributed by atoms with Crippen molar-refractivity contribution in [3.05, 3.63) is 64.7 Å². The average molecular weight is 329 g/mol. The third-order valence-electron chi connectivity index (χ3n) is 2.99. The second kappa shape index (κ2) is 7.43. The van der Waals surface area contributed by atoms with Crippen molar-refractivity contribution in [3.8, 4) is 6.07 Å². The molecule has 0 aliphatic carbocycles. The van der Waals surface area contributed by atoms with Crippen LogP contribution < -0.4 is 5.32 Å². The first-order valence-corrected chi connectivity index (χ1v) is 7.15. The van der Waals surface area contributed by atoms with Crippen LogP contribution in [-0.4, -0.2) is 18.0 Å². The second-order valence-corrected chi connectivity index (χ2v) is 5.17. The third-order valence-corrected chi connectivity index (χ3v) is 3.24. The first kappa shape index (κ1) is 16.5. The minimum absolute atomic E-state index is 0.218. The molecule has 2 rings (SSSR count). The van der Waals surface area contributed by atoms with E-state index in [9.17, 15) is 9.59 Å². The molecule has 0 unspecified atom stereocenters. The van der Waals surface area contributed by atoms with E-state index in [2.05, 4.69) is 5.32 Å². The number of halogens is 1. The molecule has 6 heteroatoms. The van der Waals surface area contributed by atoms with E-state index in [1.165, 1.54) is 19.1 Å². The summed E-state index contributed by atoms with van der Waals surface area (Å²) in [5, 5.41) is 12.0. The molecule has 1 N–H and O–H groups in total. The van der Waals surface area contributed by atoms with E-state index in [1.54, 1.807) is 36.4 Å². The van der Waals surface area contributed by atoms with E-state index in [-0.39, 0.29) is 5.56 Å². The first-order chi connectivity index (χ1) is 11.0. The lowest BCUT2D eigenvalue weighted by Gasteiger charge is -2.13. The number of nitrogens with one attached hydrogen (secondary N) is 1. The minimum Gasteiger partial charge on any atom is -0.449 e. The smallest absolute Gasteiger partial charge is 0.338 e. The number of hydrogen-bond acceptors (Lipinski definition) is 4. The van der Waals surface area contributed by atoms with Gasteiger partial charge in [-0.3, -0.25) is 4.79 Å². The Bertz CT molecular complexity index is 766. The van der Waals surface area contributed by atoms with E-state index < -0.39 is 18.0 Å². The highest BCUT2D eigenvalue weighted by Crippen LogP contribution is 2.14. The summed E-state index contributed by atoms with van der Waals surface area (Å²) in [5.74, 6) is -1.13. The number of hydrogen-bond donors (Lipinski definition) is 1. The van der Waals surface area contributed by atoms with Gasteiger partial charge in [0, 0.05) is 10.7 Å². The summed E-state index contributed by atoms with van der Waals surface area (Å²) in [6.07, 6.45) is -0.982. The van der Waals surface area contributed by atoms with E-state index in [0.29, 0.717) is 16.3 Å². The highest BCUT2D eigenvalue weighted by atomic mass is 35.5. The molecule has 2 aromatic rings. The molecule has 0 saturated carbocycles. The summed E-state index contributed by atoms with van der Waals surface area (Å²) in [4.78, 5) is 24.0. The number of rotatable bonds is 4. The summed E-state index contributed by atoms with van der Waals surface area (Å²) < 4.78 is 5.11. The number of anilines is 1. The molecule has 0 heterocycles. The maximum Gasteiger partial charge on any atom is 0.338 e. The van der Waals surface area contributed by atoms with Gasteiger partial charge < -0.3 is 10.1 Å². The van der Waals surface area contributed by atoms with Crippen LogP contribution in [-0.2, 0) is 9.53 Å². The lowest BCUT2D eigenvalue weighted by atomic mass is 10.1. The van der Waals surface area contributed by atoms with E-state index in [0.717, 1.165) is 0 Å². The molecule has 0 radical (unpaired) electrons. The highest BCUT2D eigenvalue weighted by molar-refractivity contribution is 6.30. The Labute approximate surface area is 138 Å². The zero-order valence-electron chi connectivity index (χ0n) is 12.2. The fourth-order valence-electron chi connectivity index (χ4n) is 1.77. The van der Waals surface area contributed by atoms with Crippen LogP contribution in [0.2, 0.25) is 5.02 Å². The number of esters is 1. The fourth-order valence-corrected chi connectivity index (χ4v) is 1.90. The predicted octanol–water partition coefficient (Wildman–Crippen LogP) is 3.40. The molecular weight excluding hydrogens is 316 g/mol. The normalized spacial score (nSPS) is 11.2. The lowest BCUT2D eigenvalue weighted by molar-refractivity contribution is -0.123. The molecule has 2 aromatic carbocycles. The molecule has 23 heavy (non-hydrogen) atoms. The molecule has 116 valence electrons. The van der Waals surface area contributed by atoms with Gasteiger partial charge in [0.25, 0.3) is 5.91 Å². The predicted molar refractivity (Wildman–Crippen MR) is 86.1 cm³/mol. The van der Waals surface area contributed by atoms with Gasteiger partial charge in [0.2, 0.25) is 0 Å². The second-order valence-electron chi connectivity index (χ2n) is 4.74. The molecule has 0 bridgehead atoms. The van der Waals surface area contributed by atoms with Gasteiger partial charge in [0.05, 0.1) is 17.2 Å². The van der Waals surface area contributed by atoms with Crippen LogP contribution in [0.15, 0.2) is 48.5 Å². The van der Waals surface area contributed by atoms with Gasteiger partial charge >= 0.3 is 5.97 Å². The molecule has 5 nitrogen and oxygen atoms in total. The Hall–Kier alpha value is -2.84. The molecule has 0 saturated heterocycles. The number of carbonyl (C=O) groups is 2. The van der Waals surface area contributed by atoms with Gasteiger partial charge in [-0.1, -0.05) is 17.7 Å². The zero-order valence-corrected chi connectivity index (χ0v) is 13.0. The van der Waals surface area contributed by atoms with Gasteiger partial charge in [0.15, 0.2) is 6.10 Å². The average Bonchev–Trinajstić information content (AvgIpc) is 2.56. The molecule has 1 atom stereocenters. The number of nitrogens with zero attached hydrogens (tertiary/aromatic N) is 1. The van der Waals surface area contributed by atoms with Crippen molar-refractivity contribution in [1.29, 1.82) is 5.26 Å². The number of nitriles is 1. The maximum absolute atomic E-state index is 12.0. The third kappa shape index (κ3) is 4.56. The molecule has 0 aliphatic rings. The van der Waals surface area contributed by atoms with Crippen molar-refractivity contribution < 1.29 is 14.3 Å². The summed E-state index contributed by atoms with van der Waals surface area (Å²) in [6, 6.07) is 14.6. The fraction of sp³-hybridized carbons (Fsp3) is 0.118. The van der Waals surface area contributed by atoms with Crippen molar-refractivity contribution >= 4 is 29.2 Å². The Morgan fingerprint density at radius 2 is 1.91 bits per heavy atom. The standard InChI is InChI=1S/C17H13ClN2O3/c1-11(16(21)20-15-7-5-14(18)6-8-15)23-17(22)13-4-2-3-12(9-13)10-19/h2-9,11H,1H3,(H,20,21)/t11-/m1/s1. The van der Waals surface area contributed by atoms with Crippen LogP contribution in [0, 0.1) is 11.3 Å². The van der Waals surface area contributed by atoms with Crippen molar-refractivity contribution in [2.24, 2.45) is 0 Å². The summed E-state index contributed by atoms with van der Waals surface area (Å²) in [5.41, 5.74) is 1.11. The summed E-state index contributed by atoms with van der Waals surface area (Å²) >= 11 is 5.77. The molecule has 0 fully saturated rings. The Morgan fingerprint density at radius 3 is 2.57 bits per heavy atom. The largest absolute Gasteiger partial charge is 0.449 e. The summed E-state index contributed by atoms with van der Waals surface area (Å²) in [6.45, 7) is 1.47. The van der Waals surface area contributed by atoms with E-state index >= 15 is 0 Å².